The van der Waals surface area contributed by atoms with Crippen LogP contribution in [0.5, 0.6) is 0 Å². The van der Waals surface area contributed by atoms with E-state index in [1.807, 2.05) is 0 Å². The Hall–Kier alpha value is -6.12. The second-order valence-electron chi connectivity index (χ2n) is 13.0. The minimum Gasteiger partial charge on any atom is -0.333 e. The summed E-state index contributed by atoms with van der Waals surface area (Å²) in [7, 11) is 0. The van der Waals surface area contributed by atoms with Crippen molar-refractivity contribution in [1.29, 1.82) is 0 Å². The SMILES string of the molecule is C1=CC2C(C=C1c1ccc3c(c1)c1ccccc1n3-c1ccc3ccccc3c1)c1ccccc1N2c1ccc(-c2ccccc2)cc1. The first-order chi connectivity index (χ1) is 23.8. The zero-order valence-corrected chi connectivity index (χ0v) is 26.4. The lowest BCUT2D eigenvalue weighted by Gasteiger charge is -2.30. The molecule has 0 saturated heterocycles. The molecule has 48 heavy (non-hydrogen) atoms. The van der Waals surface area contributed by atoms with Crippen LogP contribution < -0.4 is 4.90 Å². The monoisotopic (exact) mass is 612 g/mol. The Bertz CT molecular complexity index is 2570. The van der Waals surface area contributed by atoms with E-state index in [0.717, 1.165) is 0 Å². The van der Waals surface area contributed by atoms with Crippen LogP contribution in [0.3, 0.4) is 0 Å². The molecule has 0 amide bonds. The van der Waals surface area contributed by atoms with Crippen molar-refractivity contribution in [3.05, 3.63) is 193 Å². The largest absolute Gasteiger partial charge is 0.333 e. The summed E-state index contributed by atoms with van der Waals surface area (Å²) in [5.41, 5.74) is 12.5. The summed E-state index contributed by atoms with van der Waals surface area (Å²) in [6.45, 7) is 0. The first kappa shape index (κ1) is 27.0. The highest BCUT2D eigenvalue weighted by atomic mass is 15.2. The zero-order valence-electron chi connectivity index (χ0n) is 26.4. The van der Waals surface area contributed by atoms with E-state index < -0.39 is 0 Å². The van der Waals surface area contributed by atoms with Crippen molar-refractivity contribution in [2.45, 2.75) is 12.0 Å². The molecule has 8 aromatic rings. The molecule has 2 unspecified atom stereocenters. The highest BCUT2D eigenvalue weighted by molar-refractivity contribution is 6.10. The Morgan fingerprint density at radius 3 is 2.04 bits per heavy atom. The summed E-state index contributed by atoms with van der Waals surface area (Å²) in [6.07, 6.45) is 7.24. The summed E-state index contributed by atoms with van der Waals surface area (Å²) in [5, 5.41) is 5.06. The van der Waals surface area contributed by atoms with Crippen molar-refractivity contribution in [2.75, 3.05) is 4.90 Å². The van der Waals surface area contributed by atoms with Gasteiger partial charge in [-0.2, -0.15) is 0 Å². The summed E-state index contributed by atoms with van der Waals surface area (Å²) in [4.78, 5) is 2.51. The van der Waals surface area contributed by atoms with Crippen LogP contribution in [-0.4, -0.2) is 10.6 Å². The maximum Gasteiger partial charge on any atom is 0.0630 e. The van der Waals surface area contributed by atoms with Crippen LogP contribution in [0, 0.1) is 0 Å². The van der Waals surface area contributed by atoms with Gasteiger partial charge in [-0.05, 0) is 87.1 Å². The Morgan fingerprint density at radius 1 is 0.458 bits per heavy atom. The van der Waals surface area contributed by atoms with Gasteiger partial charge in [0.05, 0.1) is 17.1 Å². The van der Waals surface area contributed by atoms with E-state index >= 15 is 0 Å². The Morgan fingerprint density at radius 2 is 1.15 bits per heavy atom. The molecule has 2 aliphatic rings. The maximum atomic E-state index is 2.51. The van der Waals surface area contributed by atoms with Crippen molar-refractivity contribution >= 4 is 49.5 Å². The molecule has 226 valence electrons. The number of nitrogens with zero attached hydrogens (tertiary/aromatic N) is 2. The van der Waals surface area contributed by atoms with Gasteiger partial charge in [-0.15, -0.1) is 0 Å². The number of allylic oxidation sites excluding steroid dienone is 2. The first-order valence-electron chi connectivity index (χ1n) is 16.8. The van der Waals surface area contributed by atoms with E-state index in [0.29, 0.717) is 0 Å². The molecule has 1 aromatic heterocycles. The van der Waals surface area contributed by atoms with Gasteiger partial charge < -0.3 is 9.47 Å². The fourth-order valence-corrected chi connectivity index (χ4v) is 8.03. The third-order valence-electron chi connectivity index (χ3n) is 10.3. The molecule has 2 heteroatoms. The average molecular weight is 613 g/mol. The van der Waals surface area contributed by atoms with Gasteiger partial charge in [0.15, 0.2) is 0 Å². The molecule has 2 nitrogen and oxygen atoms in total. The quantitative estimate of drug-likeness (QED) is 0.192. The first-order valence-corrected chi connectivity index (χ1v) is 16.8. The number of anilines is 2. The summed E-state index contributed by atoms with van der Waals surface area (Å²) >= 11 is 0. The molecule has 7 aromatic carbocycles. The topological polar surface area (TPSA) is 8.17 Å². The van der Waals surface area contributed by atoms with Crippen LogP contribution in [0.15, 0.2) is 182 Å². The second-order valence-corrected chi connectivity index (χ2v) is 13.0. The number of hydrogen-bond donors (Lipinski definition) is 0. The predicted octanol–water partition coefficient (Wildman–Crippen LogP) is 11.9. The minimum absolute atomic E-state index is 0.229. The Balaban J connectivity index is 1.04. The van der Waals surface area contributed by atoms with Gasteiger partial charge in [-0.1, -0.05) is 133 Å². The lowest BCUT2D eigenvalue weighted by molar-refractivity contribution is 0.747. The van der Waals surface area contributed by atoms with Crippen molar-refractivity contribution in [1.82, 2.24) is 4.57 Å². The van der Waals surface area contributed by atoms with E-state index in [1.54, 1.807) is 0 Å². The van der Waals surface area contributed by atoms with Gasteiger partial charge in [0.25, 0.3) is 0 Å². The van der Waals surface area contributed by atoms with E-state index in [-0.39, 0.29) is 12.0 Å². The van der Waals surface area contributed by atoms with Crippen LogP contribution in [-0.2, 0) is 0 Å². The smallest absolute Gasteiger partial charge is 0.0630 e. The van der Waals surface area contributed by atoms with Gasteiger partial charge in [-0.3, -0.25) is 0 Å². The molecule has 2 heterocycles. The second kappa shape index (κ2) is 10.7. The summed E-state index contributed by atoms with van der Waals surface area (Å²) in [5.74, 6) is 0.268. The molecule has 1 aliphatic heterocycles. The normalized spacial score (nSPS) is 16.8. The predicted molar refractivity (Wildman–Crippen MR) is 202 cm³/mol. The molecule has 0 N–H and O–H groups in total. The fourth-order valence-electron chi connectivity index (χ4n) is 8.03. The Kier molecular flexibility index (Phi) is 6.04. The van der Waals surface area contributed by atoms with Crippen molar-refractivity contribution < 1.29 is 0 Å². The van der Waals surface area contributed by atoms with Crippen LogP contribution in [0.25, 0.3) is 55.0 Å². The third-order valence-corrected chi connectivity index (χ3v) is 10.3. The number of aromatic nitrogens is 1. The van der Waals surface area contributed by atoms with Crippen LogP contribution in [0.1, 0.15) is 17.0 Å². The minimum atomic E-state index is 0.229. The highest BCUT2D eigenvalue weighted by Gasteiger charge is 2.38. The van der Waals surface area contributed by atoms with E-state index in [2.05, 4.69) is 191 Å². The average Bonchev–Trinajstić information content (AvgIpc) is 3.67. The summed E-state index contributed by atoms with van der Waals surface area (Å²) < 4.78 is 2.41. The van der Waals surface area contributed by atoms with Crippen LogP contribution >= 0.6 is 0 Å². The maximum absolute atomic E-state index is 2.51. The van der Waals surface area contributed by atoms with Crippen molar-refractivity contribution in [3.8, 4) is 16.8 Å². The Labute approximate surface area is 280 Å². The number of rotatable bonds is 4. The zero-order chi connectivity index (χ0) is 31.6. The molecular weight excluding hydrogens is 581 g/mol. The van der Waals surface area contributed by atoms with Gasteiger partial charge in [0, 0.05) is 33.8 Å². The number of hydrogen-bond acceptors (Lipinski definition) is 1. The molecular formula is C46H32N2. The fraction of sp³-hybridized carbons (Fsp3) is 0.0435. The lowest BCUT2D eigenvalue weighted by atomic mass is 9.86. The van der Waals surface area contributed by atoms with Crippen LogP contribution in [0.2, 0.25) is 0 Å². The molecule has 0 radical (unpaired) electrons. The van der Waals surface area contributed by atoms with Gasteiger partial charge >= 0.3 is 0 Å². The lowest BCUT2D eigenvalue weighted by Crippen LogP contribution is -2.28. The van der Waals surface area contributed by atoms with Crippen LogP contribution in [0.4, 0.5) is 11.4 Å². The van der Waals surface area contributed by atoms with E-state index in [4.69, 9.17) is 0 Å². The molecule has 0 spiro atoms. The number of fused-ring (bicyclic) bond motifs is 7. The molecule has 1 aliphatic carbocycles. The molecule has 2 atom stereocenters. The highest BCUT2D eigenvalue weighted by Crippen LogP contribution is 2.49. The summed E-state index contributed by atoms with van der Waals surface area (Å²) in [6, 6.07) is 60.0. The van der Waals surface area contributed by atoms with Gasteiger partial charge in [-0.25, -0.2) is 0 Å². The molecule has 0 saturated carbocycles. The molecule has 0 fully saturated rings. The molecule has 0 bridgehead atoms. The van der Waals surface area contributed by atoms with Gasteiger partial charge in [0.1, 0.15) is 0 Å². The van der Waals surface area contributed by atoms with Crippen molar-refractivity contribution in [2.24, 2.45) is 0 Å². The third kappa shape index (κ3) is 4.19. The van der Waals surface area contributed by atoms with E-state index in [9.17, 15) is 0 Å². The number of para-hydroxylation sites is 2. The standard InChI is InChI=1S/C46H32N2/c1-2-10-31(11-3-1)33-18-23-37(24-19-33)47-43-16-8-6-14-39(43)41-29-35(21-26-45(41)47)36-22-27-46-42(30-36)40-15-7-9-17-44(40)48(46)38-25-20-32-12-4-5-13-34(32)28-38/h1-30,41,45H. The van der Waals surface area contributed by atoms with Crippen molar-refractivity contribution in [3.63, 3.8) is 0 Å². The van der Waals surface area contributed by atoms with E-state index in [1.165, 1.54) is 77.5 Å². The number of benzene rings is 7. The van der Waals surface area contributed by atoms with Gasteiger partial charge in [0.2, 0.25) is 0 Å². The molecule has 10 rings (SSSR count).